The largest absolute Gasteiger partial charge is 0.198 e. The second-order valence-electron chi connectivity index (χ2n) is 4.16. The molecular weight excluding hydrogens is 170 g/mol. The van der Waals surface area contributed by atoms with Crippen molar-refractivity contribution in [1.29, 1.82) is 5.26 Å². The zero-order valence-electron chi connectivity index (χ0n) is 8.59. The molecule has 0 saturated heterocycles. The van der Waals surface area contributed by atoms with Gasteiger partial charge in [0.1, 0.15) is 0 Å². The van der Waals surface area contributed by atoms with E-state index in [1.165, 1.54) is 36.0 Å². The fraction of sp³-hybridized carbons (Fsp3) is 0.462. The number of rotatable bonds is 1. The van der Waals surface area contributed by atoms with Crippen molar-refractivity contribution in [2.75, 3.05) is 0 Å². The first-order valence-corrected chi connectivity index (χ1v) is 5.30. The highest BCUT2D eigenvalue weighted by molar-refractivity contribution is 5.37. The summed E-state index contributed by atoms with van der Waals surface area (Å²) in [6.45, 7) is 2.29. The molecule has 1 aliphatic carbocycles. The van der Waals surface area contributed by atoms with Crippen LogP contribution in [0.4, 0.5) is 0 Å². The van der Waals surface area contributed by atoms with E-state index in [9.17, 15) is 0 Å². The molecule has 1 aliphatic rings. The van der Waals surface area contributed by atoms with Crippen LogP contribution in [0.5, 0.6) is 0 Å². The molecule has 1 atom stereocenters. The lowest BCUT2D eigenvalue weighted by Gasteiger charge is -2.22. The van der Waals surface area contributed by atoms with Gasteiger partial charge in [0.25, 0.3) is 0 Å². The Morgan fingerprint density at radius 2 is 2.36 bits per heavy atom. The molecule has 0 radical (unpaired) electrons. The van der Waals surface area contributed by atoms with E-state index < -0.39 is 0 Å². The zero-order chi connectivity index (χ0) is 9.97. The summed E-state index contributed by atoms with van der Waals surface area (Å²) in [4.78, 5) is 0. The van der Waals surface area contributed by atoms with E-state index in [-0.39, 0.29) is 0 Å². The van der Waals surface area contributed by atoms with Crippen LogP contribution in [0.25, 0.3) is 0 Å². The van der Waals surface area contributed by atoms with Crippen LogP contribution in [-0.4, -0.2) is 0 Å². The van der Waals surface area contributed by atoms with Crippen molar-refractivity contribution in [1.82, 2.24) is 0 Å². The molecular formula is C13H15N. The smallest absolute Gasteiger partial charge is 0.0669 e. The highest BCUT2D eigenvalue weighted by Gasteiger charge is 2.16. The van der Waals surface area contributed by atoms with E-state index in [2.05, 4.69) is 31.2 Å². The molecule has 0 amide bonds. The van der Waals surface area contributed by atoms with Crippen LogP contribution in [-0.2, 0) is 12.8 Å². The molecule has 0 N–H and O–H groups in total. The minimum absolute atomic E-state index is 0.542. The Kier molecular flexibility index (Phi) is 2.54. The summed E-state index contributed by atoms with van der Waals surface area (Å²) in [5.74, 6) is 0.678. The van der Waals surface area contributed by atoms with Gasteiger partial charge in [-0.3, -0.25) is 0 Å². The third-order valence-electron chi connectivity index (χ3n) is 3.11. The number of hydrogen-bond donors (Lipinski definition) is 0. The summed E-state index contributed by atoms with van der Waals surface area (Å²) in [6.07, 6.45) is 4.36. The van der Waals surface area contributed by atoms with Crippen molar-refractivity contribution in [3.63, 3.8) is 0 Å². The maximum atomic E-state index is 8.64. The molecule has 1 aromatic rings. The van der Waals surface area contributed by atoms with E-state index in [0.29, 0.717) is 12.3 Å². The summed E-state index contributed by atoms with van der Waals surface area (Å²) >= 11 is 0. The second-order valence-corrected chi connectivity index (χ2v) is 4.16. The standard InChI is InChI=1S/C13H15N/c1-10-3-2-4-12-6-5-11(7-8-14)9-13(10)12/h5-6,9-10H,2-4,7H2,1H3. The Morgan fingerprint density at radius 1 is 1.50 bits per heavy atom. The van der Waals surface area contributed by atoms with Crippen LogP contribution < -0.4 is 0 Å². The molecule has 1 unspecified atom stereocenters. The molecule has 0 bridgehead atoms. The SMILES string of the molecule is CC1CCCc2ccc(CC#N)cc21. The number of hydrogen-bond acceptors (Lipinski definition) is 1. The van der Waals surface area contributed by atoms with Crippen molar-refractivity contribution in [3.8, 4) is 6.07 Å². The first-order chi connectivity index (χ1) is 6.81. The minimum atomic E-state index is 0.542. The van der Waals surface area contributed by atoms with E-state index in [1.807, 2.05) is 0 Å². The van der Waals surface area contributed by atoms with Gasteiger partial charge in [-0.05, 0) is 41.9 Å². The summed E-state index contributed by atoms with van der Waals surface area (Å²) in [5.41, 5.74) is 4.13. The molecule has 72 valence electrons. The van der Waals surface area contributed by atoms with E-state index in [0.717, 1.165) is 0 Å². The van der Waals surface area contributed by atoms with Crippen LogP contribution in [0.15, 0.2) is 18.2 Å². The average Bonchev–Trinajstić information content (AvgIpc) is 2.20. The number of aryl methyl sites for hydroxylation is 1. The van der Waals surface area contributed by atoms with Gasteiger partial charge in [-0.1, -0.05) is 25.1 Å². The van der Waals surface area contributed by atoms with Crippen molar-refractivity contribution in [2.24, 2.45) is 0 Å². The summed E-state index contributed by atoms with van der Waals surface area (Å²) in [5, 5.41) is 8.64. The molecule has 0 saturated carbocycles. The lowest BCUT2D eigenvalue weighted by atomic mass is 9.83. The molecule has 1 heteroatoms. The Bertz CT molecular complexity index is 373. The van der Waals surface area contributed by atoms with Crippen LogP contribution in [0, 0.1) is 11.3 Å². The third-order valence-corrected chi connectivity index (χ3v) is 3.11. The first kappa shape index (κ1) is 9.27. The van der Waals surface area contributed by atoms with E-state index >= 15 is 0 Å². The number of benzene rings is 1. The Hall–Kier alpha value is -1.29. The molecule has 1 nitrogen and oxygen atoms in total. The molecule has 0 fully saturated rings. The third kappa shape index (κ3) is 1.65. The highest BCUT2D eigenvalue weighted by atomic mass is 14.2. The number of nitriles is 1. The Balaban J connectivity index is 2.37. The predicted octanol–water partition coefficient (Wildman–Crippen LogP) is 3.19. The quantitative estimate of drug-likeness (QED) is 0.659. The fourth-order valence-corrected chi connectivity index (χ4v) is 2.29. The zero-order valence-corrected chi connectivity index (χ0v) is 8.59. The van der Waals surface area contributed by atoms with Crippen molar-refractivity contribution < 1.29 is 0 Å². The second kappa shape index (κ2) is 3.84. The van der Waals surface area contributed by atoms with Gasteiger partial charge in [0.15, 0.2) is 0 Å². The molecule has 0 aromatic heterocycles. The molecule has 0 heterocycles. The predicted molar refractivity (Wildman–Crippen MR) is 57.1 cm³/mol. The van der Waals surface area contributed by atoms with Gasteiger partial charge in [0.2, 0.25) is 0 Å². The highest BCUT2D eigenvalue weighted by Crippen LogP contribution is 2.31. The van der Waals surface area contributed by atoms with Crippen LogP contribution in [0.2, 0.25) is 0 Å². The van der Waals surface area contributed by atoms with Crippen molar-refractivity contribution in [2.45, 2.75) is 38.5 Å². The average molecular weight is 185 g/mol. The van der Waals surface area contributed by atoms with Gasteiger partial charge in [-0.15, -0.1) is 0 Å². The Morgan fingerprint density at radius 3 is 3.14 bits per heavy atom. The van der Waals surface area contributed by atoms with Crippen molar-refractivity contribution >= 4 is 0 Å². The van der Waals surface area contributed by atoms with Crippen LogP contribution in [0.3, 0.4) is 0 Å². The van der Waals surface area contributed by atoms with Gasteiger partial charge in [0.05, 0.1) is 12.5 Å². The maximum absolute atomic E-state index is 8.64. The van der Waals surface area contributed by atoms with Gasteiger partial charge in [0, 0.05) is 0 Å². The van der Waals surface area contributed by atoms with Gasteiger partial charge < -0.3 is 0 Å². The lowest BCUT2D eigenvalue weighted by molar-refractivity contribution is 0.589. The Labute approximate surface area is 85.4 Å². The monoisotopic (exact) mass is 185 g/mol. The van der Waals surface area contributed by atoms with Crippen molar-refractivity contribution in [3.05, 3.63) is 34.9 Å². The summed E-state index contributed by atoms with van der Waals surface area (Å²) in [6, 6.07) is 8.73. The molecule has 1 aromatic carbocycles. The molecule has 14 heavy (non-hydrogen) atoms. The fourth-order valence-electron chi connectivity index (χ4n) is 2.29. The van der Waals surface area contributed by atoms with Crippen LogP contribution in [0.1, 0.15) is 42.4 Å². The van der Waals surface area contributed by atoms with E-state index in [1.54, 1.807) is 0 Å². The summed E-state index contributed by atoms with van der Waals surface area (Å²) in [7, 11) is 0. The maximum Gasteiger partial charge on any atom is 0.0669 e. The normalized spacial score (nSPS) is 19.9. The minimum Gasteiger partial charge on any atom is -0.198 e. The summed E-state index contributed by atoms with van der Waals surface area (Å²) < 4.78 is 0. The number of fused-ring (bicyclic) bond motifs is 1. The number of nitrogens with zero attached hydrogens (tertiary/aromatic N) is 1. The van der Waals surface area contributed by atoms with Gasteiger partial charge in [-0.25, -0.2) is 0 Å². The molecule has 0 aliphatic heterocycles. The van der Waals surface area contributed by atoms with Gasteiger partial charge in [-0.2, -0.15) is 5.26 Å². The van der Waals surface area contributed by atoms with E-state index in [4.69, 9.17) is 5.26 Å². The topological polar surface area (TPSA) is 23.8 Å². The molecule has 2 rings (SSSR count). The molecule has 0 spiro atoms. The first-order valence-electron chi connectivity index (χ1n) is 5.30. The lowest BCUT2D eigenvalue weighted by Crippen LogP contribution is -2.07. The van der Waals surface area contributed by atoms with Gasteiger partial charge >= 0.3 is 0 Å². The van der Waals surface area contributed by atoms with Crippen LogP contribution >= 0.6 is 0 Å².